The molecule has 4 aromatic rings. The molecule has 0 unspecified atom stereocenters. The molecular weight excluding hydrogens is 410 g/mol. The van der Waals surface area contributed by atoms with Gasteiger partial charge in [-0.05, 0) is 75.2 Å². The predicted molar refractivity (Wildman–Crippen MR) is 133 cm³/mol. The minimum absolute atomic E-state index is 0.404. The molecule has 0 aliphatic carbocycles. The van der Waals surface area contributed by atoms with Crippen molar-refractivity contribution in [2.24, 2.45) is 0 Å². The number of aryl methyl sites for hydroxylation is 3. The molecule has 2 aromatic heterocycles. The summed E-state index contributed by atoms with van der Waals surface area (Å²) in [6.45, 7) is 9.35. The second-order valence-electron chi connectivity index (χ2n) is 8.82. The van der Waals surface area contributed by atoms with E-state index in [-0.39, 0.29) is 0 Å². The number of aromatic amines is 1. The Balaban J connectivity index is 1.09. The number of nitrogens with one attached hydrogen (secondary N) is 1. The van der Waals surface area contributed by atoms with Gasteiger partial charge in [-0.2, -0.15) is 0 Å². The van der Waals surface area contributed by atoms with E-state index in [1.807, 2.05) is 32.0 Å². The highest BCUT2D eigenvalue weighted by atomic mass is 16.5. The molecule has 6 heteroatoms. The molecule has 1 saturated heterocycles. The van der Waals surface area contributed by atoms with Crippen LogP contribution >= 0.6 is 0 Å². The number of hydrogen-bond acceptors (Lipinski definition) is 5. The quantitative estimate of drug-likeness (QED) is 0.431. The van der Waals surface area contributed by atoms with Gasteiger partial charge in [0.2, 0.25) is 0 Å². The Morgan fingerprint density at radius 2 is 1.64 bits per heavy atom. The molecule has 5 rings (SSSR count). The van der Waals surface area contributed by atoms with Crippen LogP contribution in [0.5, 0.6) is 11.8 Å². The minimum Gasteiger partial charge on any atom is -0.424 e. The Labute approximate surface area is 195 Å². The highest BCUT2D eigenvalue weighted by molar-refractivity contribution is 5.83. The smallest absolute Gasteiger partial charge is 0.322 e. The lowest BCUT2D eigenvalue weighted by Crippen LogP contribution is -2.46. The maximum Gasteiger partial charge on any atom is 0.322 e. The summed E-state index contributed by atoms with van der Waals surface area (Å²) in [4.78, 5) is 17.1. The van der Waals surface area contributed by atoms with Gasteiger partial charge in [-0.25, -0.2) is 9.97 Å². The summed E-state index contributed by atoms with van der Waals surface area (Å²) in [6.07, 6.45) is 4.48. The molecule has 0 radical (unpaired) electrons. The van der Waals surface area contributed by atoms with Crippen molar-refractivity contribution < 1.29 is 4.74 Å². The topological polar surface area (TPSA) is 57.3 Å². The molecule has 6 nitrogen and oxygen atoms in total. The fraction of sp³-hybridized carbons (Fsp3) is 0.333. The van der Waals surface area contributed by atoms with Crippen molar-refractivity contribution in [3.05, 3.63) is 77.7 Å². The van der Waals surface area contributed by atoms with Crippen molar-refractivity contribution in [1.82, 2.24) is 19.9 Å². The van der Waals surface area contributed by atoms with Gasteiger partial charge in [0.1, 0.15) is 5.75 Å². The lowest BCUT2D eigenvalue weighted by Gasteiger charge is -2.36. The number of H-pyrrole nitrogens is 1. The molecule has 2 aromatic carbocycles. The van der Waals surface area contributed by atoms with Gasteiger partial charge in [-0.1, -0.05) is 18.2 Å². The molecule has 0 bridgehead atoms. The van der Waals surface area contributed by atoms with Gasteiger partial charge in [-0.15, -0.1) is 0 Å². The van der Waals surface area contributed by atoms with Gasteiger partial charge in [0.15, 0.2) is 0 Å². The molecule has 1 N–H and O–H groups in total. The van der Waals surface area contributed by atoms with Crippen LogP contribution in [0.15, 0.2) is 60.8 Å². The molecule has 1 aliphatic rings. The second kappa shape index (κ2) is 9.63. The van der Waals surface area contributed by atoms with Crippen LogP contribution in [0.3, 0.4) is 0 Å². The Morgan fingerprint density at radius 1 is 0.909 bits per heavy atom. The zero-order chi connectivity index (χ0) is 22.6. The highest BCUT2D eigenvalue weighted by Gasteiger charge is 2.17. The average molecular weight is 442 g/mol. The Morgan fingerprint density at radius 3 is 2.39 bits per heavy atom. The number of piperazine rings is 1. The third-order valence-corrected chi connectivity index (χ3v) is 6.34. The van der Waals surface area contributed by atoms with Crippen molar-refractivity contribution in [3.63, 3.8) is 0 Å². The summed E-state index contributed by atoms with van der Waals surface area (Å²) in [7, 11) is 0. The van der Waals surface area contributed by atoms with E-state index in [0.717, 1.165) is 56.3 Å². The van der Waals surface area contributed by atoms with E-state index < -0.39 is 0 Å². The second-order valence-corrected chi connectivity index (χ2v) is 8.82. The number of rotatable bonds is 7. The number of hydrogen-bond donors (Lipinski definition) is 1. The van der Waals surface area contributed by atoms with E-state index >= 15 is 0 Å². The molecule has 0 spiro atoms. The van der Waals surface area contributed by atoms with Crippen LogP contribution in [0.4, 0.5) is 5.69 Å². The van der Waals surface area contributed by atoms with Crippen molar-refractivity contribution in [3.8, 4) is 11.8 Å². The van der Waals surface area contributed by atoms with Crippen LogP contribution in [0, 0.1) is 13.8 Å². The molecule has 1 fully saturated rings. The summed E-state index contributed by atoms with van der Waals surface area (Å²) in [5.74, 6) is 0.764. The van der Waals surface area contributed by atoms with Crippen LogP contribution in [-0.2, 0) is 6.42 Å². The first-order chi connectivity index (χ1) is 16.1. The summed E-state index contributed by atoms with van der Waals surface area (Å²) in [6, 6.07) is 19.2. The predicted octanol–water partition coefficient (Wildman–Crippen LogP) is 5.12. The Hall–Kier alpha value is -3.38. The highest BCUT2D eigenvalue weighted by Crippen LogP contribution is 2.24. The molecule has 0 amide bonds. The summed E-state index contributed by atoms with van der Waals surface area (Å²) < 4.78 is 5.85. The average Bonchev–Trinajstić information content (AvgIpc) is 3.23. The summed E-state index contributed by atoms with van der Waals surface area (Å²) in [5.41, 5.74) is 5.72. The fourth-order valence-electron chi connectivity index (χ4n) is 4.63. The van der Waals surface area contributed by atoms with E-state index in [1.54, 1.807) is 0 Å². The maximum absolute atomic E-state index is 5.85. The van der Waals surface area contributed by atoms with Crippen LogP contribution in [0.1, 0.15) is 23.4 Å². The van der Waals surface area contributed by atoms with Gasteiger partial charge in [0, 0.05) is 60.4 Å². The van der Waals surface area contributed by atoms with E-state index in [9.17, 15) is 0 Å². The third kappa shape index (κ3) is 5.17. The zero-order valence-electron chi connectivity index (χ0n) is 19.4. The minimum atomic E-state index is 0.404. The van der Waals surface area contributed by atoms with E-state index in [2.05, 4.69) is 67.3 Å². The fourth-order valence-corrected chi connectivity index (χ4v) is 4.63. The van der Waals surface area contributed by atoms with Gasteiger partial charge in [0.25, 0.3) is 0 Å². The molecular formula is C27H31N5O. The molecule has 0 atom stereocenters. The number of benzene rings is 2. The lowest BCUT2D eigenvalue weighted by molar-refractivity contribution is 0.255. The molecule has 1 aliphatic heterocycles. The first-order valence-electron chi connectivity index (χ1n) is 11.8. The van der Waals surface area contributed by atoms with Crippen LogP contribution < -0.4 is 9.64 Å². The molecule has 170 valence electrons. The third-order valence-electron chi connectivity index (χ3n) is 6.34. The number of fused-ring (bicyclic) bond motifs is 1. The zero-order valence-corrected chi connectivity index (χ0v) is 19.4. The van der Waals surface area contributed by atoms with Gasteiger partial charge < -0.3 is 14.6 Å². The molecule has 0 saturated carbocycles. The number of para-hydroxylation sites is 1. The van der Waals surface area contributed by atoms with Gasteiger partial charge in [0.05, 0.1) is 0 Å². The Kier molecular flexibility index (Phi) is 6.26. The summed E-state index contributed by atoms with van der Waals surface area (Å²) in [5, 5.41) is 1.36. The lowest BCUT2D eigenvalue weighted by atomic mass is 10.1. The van der Waals surface area contributed by atoms with Crippen molar-refractivity contribution in [2.75, 3.05) is 37.6 Å². The Bertz CT molecular complexity index is 1190. The first kappa shape index (κ1) is 21.5. The van der Waals surface area contributed by atoms with Crippen molar-refractivity contribution in [2.45, 2.75) is 26.7 Å². The van der Waals surface area contributed by atoms with Crippen LogP contribution in [0.25, 0.3) is 10.9 Å². The SMILES string of the molecule is Cc1cc(C)nc(Oc2ccc(N3CCN(CCCc4c[nH]c5ccccc45)CC3)cc2)n1. The number of nitrogens with zero attached hydrogens (tertiary/aromatic N) is 4. The first-order valence-corrected chi connectivity index (χ1v) is 11.8. The van der Waals surface area contributed by atoms with E-state index in [4.69, 9.17) is 4.74 Å². The van der Waals surface area contributed by atoms with Crippen LogP contribution in [0.2, 0.25) is 0 Å². The number of anilines is 1. The molecule has 3 heterocycles. The molecule has 33 heavy (non-hydrogen) atoms. The van der Waals surface area contributed by atoms with Crippen molar-refractivity contribution >= 4 is 16.6 Å². The monoisotopic (exact) mass is 441 g/mol. The van der Waals surface area contributed by atoms with E-state index in [0.29, 0.717) is 6.01 Å². The van der Waals surface area contributed by atoms with Crippen LogP contribution in [-0.4, -0.2) is 52.6 Å². The van der Waals surface area contributed by atoms with E-state index in [1.165, 1.54) is 28.6 Å². The summed E-state index contributed by atoms with van der Waals surface area (Å²) >= 11 is 0. The number of aromatic nitrogens is 3. The van der Waals surface area contributed by atoms with Gasteiger partial charge in [-0.3, -0.25) is 4.90 Å². The number of ether oxygens (including phenoxy) is 1. The largest absolute Gasteiger partial charge is 0.424 e. The van der Waals surface area contributed by atoms with Crippen molar-refractivity contribution in [1.29, 1.82) is 0 Å². The standard InChI is InChI=1S/C27H31N5O/c1-20-18-21(2)30-27(29-20)33-24-11-9-23(10-12-24)32-16-14-31(15-17-32)13-5-6-22-19-28-26-8-4-3-7-25(22)26/h3-4,7-12,18-19,28H,5-6,13-17H2,1-2H3. The maximum atomic E-state index is 5.85. The van der Waals surface area contributed by atoms with Gasteiger partial charge >= 0.3 is 6.01 Å². The normalized spacial score (nSPS) is 14.7.